The van der Waals surface area contributed by atoms with Gasteiger partial charge < -0.3 is 5.11 Å². The molecule has 5 nitrogen and oxygen atoms in total. The Bertz CT molecular complexity index is 841. The van der Waals surface area contributed by atoms with E-state index in [1.807, 2.05) is 0 Å². The molecule has 0 radical (unpaired) electrons. The highest BCUT2D eigenvalue weighted by Crippen LogP contribution is 2.23. The Morgan fingerprint density at radius 1 is 1.08 bits per heavy atom. The Hall–Kier alpha value is -2.86. The van der Waals surface area contributed by atoms with Crippen LogP contribution in [-0.2, 0) is 11.2 Å². The zero-order valence-electron chi connectivity index (χ0n) is 13.1. The number of imide groups is 1. The minimum atomic E-state index is -0.413. The smallest absolute Gasteiger partial charge is 0.286 e. The largest absolute Gasteiger partial charge is 0.508 e. The van der Waals surface area contributed by atoms with Crippen molar-refractivity contribution in [1.82, 2.24) is 5.32 Å². The van der Waals surface area contributed by atoms with Gasteiger partial charge in [0.2, 0.25) is 5.91 Å². The zero-order valence-corrected chi connectivity index (χ0v) is 14.0. The number of phenols is 1. The van der Waals surface area contributed by atoms with Gasteiger partial charge in [0.25, 0.3) is 5.24 Å². The molecule has 1 saturated heterocycles. The van der Waals surface area contributed by atoms with Crippen LogP contribution in [0.2, 0.25) is 0 Å². The third-order valence-electron chi connectivity index (χ3n) is 3.75. The highest BCUT2D eigenvalue weighted by Gasteiger charge is 2.31. The molecular weight excluding hydrogens is 338 g/mol. The summed E-state index contributed by atoms with van der Waals surface area (Å²) in [6.45, 7) is 0. The van der Waals surface area contributed by atoms with Crippen LogP contribution in [0, 0.1) is 0 Å². The van der Waals surface area contributed by atoms with Gasteiger partial charge in [-0.05, 0) is 35.8 Å². The number of aromatic hydroxyl groups is 1. The van der Waals surface area contributed by atoms with Crippen molar-refractivity contribution in [2.75, 3.05) is 0 Å². The standard InChI is InChI=1S/C19H15NO4S/c21-15-8-3-12(4-9-15)5-10-16(22)14-6-1-13(2-7-14)11-17-18(23)20-19(24)25-17/h1-10,17,21H,11H2,(H,20,23,24). The number of carbonyl (C=O) groups excluding carboxylic acids is 3. The fourth-order valence-corrected chi connectivity index (χ4v) is 3.26. The summed E-state index contributed by atoms with van der Waals surface area (Å²) in [7, 11) is 0. The van der Waals surface area contributed by atoms with Crippen LogP contribution in [0.5, 0.6) is 5.75 Å². The molecule has 1 heterocycles. The number of benzene rings is 2. The third kappa shape index (κ3) is 4.36. The van der Waals surface area contributed by atoms with Gasteiger partial charge in [0.05, 0.1) is 5.25 Å². The molecule has 2 aromatic carbocycles. The minimum absolute atomic E-state index is 0.136. The van der Waals surface area contributed by atoms with Crippen LogP contribution in [0.1, 0.15) is 21.5 Å². The van der Waals surface area contributed by atoms with Crippen LogP contribution in [0.25, 0.3) is 6.08 Å². The first-order chi connectivity index (χ1) is 12.0. The van der Waals surface area contributed by atoms with E-state index in [4.69, 9.17) is 0 Å². The molecule has 1 aliphatic heterocycles. The molecule has 6 heteroatoms. The van der Waals surface area contributed by atoms with Crippen molar-refractivity contribution in [2.45, 2.75) is 11.7 Å². The molecular formula is C19H15NO4S. The summed E-state index contributed by atoms with van der Waals surface area (Å²) in [5.41, 5.74) is 2.25. The van der Waals surface area contributed by atoms with Crippen molar-refractivity contribution < 1.29 is 19.5 Å². The highest BCUT2D eigenvalue weighted by molar-refractivity contribution is 8.15. The van der Waals surface area contributed by atoms with Crippen molar-refractivity contribution in [2.24, 2.45) is 0 Å². The molecule has 126 valence electrons. The van der Waals surface area contributed by atoms with Crippen LogP contribution in [0.4, 0.5) is 4.79 Å². The summed E-state index contributed by atoms with van der Waals surface area (Å²) in [5, 5.41) is 10.8. The second-order valence-electron chi connectivity index (χ2n) is 5.57. The maximum Gasteiger partial charge on any atom is 0.286 e. The average Bonchev–Trinajstić information content (AvgIpc) is 2.92. The second-order valence-corrected chi connectivity index (χ2v) is 6.75. The van der Waals surface area contributed by atoms with Gasteiger partial charge >= 0.3 is 0 Å². The number of nitrogens with one attached hydrogen (secondary N) is 1. The number of hydrogen-bond donors (Lipinski definition) is 2. The molecule has 1 fully saturated rings. The molecule has 0 saturated carbocycles. The lowest BCUT2D eigenvalue weighted by Gasteiger charge is -2.05. The molecule has 2 amide bonds. The Kier molecular flexibility index (Phi) is 5.00. The van der Waals surface area contributed by atoms with Gasteiger partial charge in [-0.1, -0.05) is 54.2 Å². The van der Waals surface area contributed by atoms with Crippen LogP contribution >= 0.6 is 11.8 Å². The molecule has 2 aromatic rings. The Morgan fingerprint density at radius 2 is 1.76 bits per heavy atom. The minimum Gasteiger partial charge on any atom is -0.508 e. The zero-order chi connectivity index (χ0) is 17.8. The monoisotopic (exact) mass is 353 g/mol. The molecule has 0 bridgehead atoms. The van der Waals surface area contributed by atoms with Gasteiger partial charge in [0.15, 0.2) is 5.78 Å². The summed E-state index contributed by atoms with van der Waals surface area (Å²) in [4.78, 5) is 34.9. The summed E-state index contributed by atoms with van der Waals surface area (Å²) in [5.74, 6) is -0.232. The number of thioether (sulfide) groups is 1. The second kappa shape index (κ2) is 7.36. The predicted octanol–water partition coefficient (Wildman–Crippen LogP) is 3.18. The van der Waals surface area contributed by atoms with E-state index in [1.54, 1.807) is 54.6 Å². The van der Waals surface area contributed by atoms with E-state index in [2.05, 4.69) is 5.32 Å². The van der Waals surface area contributed by atoms with Crippen LogP contribution in [0.15, 0.2) is 54.6 Å². The summed E-state index contributed by atoms with van der Waals surface area (Å²) in [6.07, 6.45) is 3.60. The molecule has 0 aliphatic carbocycles. The Labute approximate surface area is 148 Å². The molecule has 1 atom stereocenters. The van der Waals surface area contributed by atoms with Gasteiger partial charge in [0, 0.05) is 5.56 Å². The van der Waals surface area contributed by atoms with Gasteiger partial charge in [-0.25, -0.2) is 0 Å². The van der Waals surface area contributed by atoms with E-state index in [9.17, 15) is 19.5 Å². The number of allylic oxidation sites excluding steroid dienone is 1. The topological polar surface area (TPSA) is 83.5 Å². The van der Waals surface area contributed by atoms with Gasteiger partial charge in [-0.2, -0.15) is 0 Å². The predicted molar refractivity (Wildman–Crippen MR) is 96.5 cm³/mol. The van der Waals surface area contributed by atoms with Crippen molar-refractivity contribution in [3.8, 4) is 5.75 Å². The van der Waals surface area contributed by atoms with E-state index in [0.29, 0.717) is 12.0 Å². The number of hydrogen-bond acceptors (Lipinski definition) is 5. The molecule has 1 aliphatic rings. The normalized spacial score (nSPS) is 17.0. The maximum absolute atomic E-state index is 12.2. The third-order valence-corrected chi connectivity index (χ3v) is 4.73. The van der Waals surface area contributed by atoms with Crippen LogP contribution in [0.3, 0.4) is 0 Å². The quantitative estimate of drug-likeness (QED) is 0.637. The number of carbonyl (C=O) groups is 3. The van der Waals surface area contributed by atoms with Crippen molar-refractivity contribution in [3.63, 3.8) is 0 Å². The number of phenolic OH excluding ortho intramolecular Hbond substituents is 1. The summed E-state index contributed by atoms with van der Waals surface area (Å²) < 4.78 is 0. The first-order valence-electron chi connectivity index (χ1n) is 7.63. The molecule has 3 rings (SSSR count). The molecule has 1 unspecified atom stereocenters. The Balaban J connectivity index is 1.63. The van der Waals surface area contributed by atoms with Crippen molar-refractivity contribution >= 4 is 34.8 Å². The SMILES string of the molecule is O=C1NC(=O)C(Cc2ccc(C(=O)C=Cc3ccc(O)cc3)cc2)S1. The van der Waals surface area contributed by atoms with Gasteiger partial charge in [-0.3, -0.25) is 19.7 Å². The number of ketones is 1. The van der Waals surface area contributed by atoms with E-state index in [-0.39, 0.29) is 22.7 Å². The lowest BCUT2D eigenvalue weighted by Crippen LogP contribution is -2.25. The number of rotatable bonds is 5. The highest BCUT2D eigenvalue weighted by atomic mass is 32.2. The van der Waals surface area contributed by atoms with Gasteiger partial charge in [0.1, 0.15) is 5.75 Å². The Morgan fingerprint density at radius 3 is 2.36 bits per heavy atom. The number of amides is 2. The summed E-state index contributed by atoms with van der Waals surface area (Å²) in [6, 6.07) is 13.5. The van der Waals surface area contributed by atoms with E-state index in [1.165, 1.54) is 6.08 Å². The first-order valence-corrected chi connectivity index (χ1v) is 8.51. The van der Waals surface area contributed by atoms with Gasteiger partial charge in [-0.15, -0.1) is 0 Å². The van der Waals surface area contributed by atoms with Crippen molar-refractivity contribution in [3.05, 3.63) is 71.3 Å². The van der Waals surface area contributed by atoms with E-state index >= 15 is 0 Å². The average molecular weight is 353 g/mol. The summed E-state index contributed by atoms with van der Waals surface area (Å²) >= 11 is 0.990. The lowest BCUT2D eigenvalue weighted by atomic mass is 10.0. The van der Waals surface area contributed by atoms with E-state index < -0.39 is 5.25 Å². The van der Waals surface area contributed by atoms with Crippen LogP contribution < -0.4 is 5.32 Å². The molecule has 2 N–H and O–H groups in total. The first kappa shape index (κ1) is 17.0. The molecule has 0 aromatic heterocycles. The fraction of sp³-hybridized carbons (Fsp3) is 0.105. The maximum atomic E-state index is 12.2. The van der Waals surface area contributed by atoms with E-state index in [0.717, 1.165) is 22.9 Å². The lowest BCUT2D eigenvalue weighted by molar-refractivity contribution is -0.118. The molecule has 0 spiro atoms. The van der Waals surface area contributed by atoms with Crippen LogP contribution in [-0.4, -0.2) is 27.3 Å². The fourth-order valence-electron chi connectivity index (χ4n) is 2.40. The van der Waals surface area contributed by atoms with Crippen molar-refractivity contribution in [1.29, 1.82) is 0 Å². The molecule has 25 heavy (non-hydrogen) atoms.